The van der Waals surface area contributed by atoms with Gasteiger partial charge in [-0.2, -0.15) is 0 Å². The third kappa shape index (κ3) is 4.61. The first kappa shape index (κ1) is 26.1. The van der Waals surface area contributed by atoms with E-state index in [1.54, 1.807) is 0 Å². The van der Waals surface area contributed by atoms with E-state index < -0.39 is 29.6 Å². The van der Waals surface area contributed by atoms with Crippen LogP contribution in [0.5, 0.6) is 0 Å². The number of benzene rings is 1. The summed E-state index contributed by atoms with van der Waals surface area (Å²) in [4.78, 5) is 43.9. The number of hydrogen-bond donors (Lipinski definition) is 2. The van der Waals surface area contributed by atoms with Crippen molar-refractivity contribution in [3.63, 3.8) is 0 Å². The lowest BCUT2D eigenvalue weighted by molar-refractivity contribution is -0.144. The summed E-state index contributed by atoms with van der Waals surface area (Å²) in [5.41, 5.74) is -0.419. The molecule has 0 aromatic heterocycles. The highest BCUT2D eigenvalue weighted by Crippen LogP contribution is 2.56. The van der Waals surface area contributed by atoms with Crippen LogP contribution in [0.2, 0.25) is 0 Å². The number of nitrogens with zero attached hydrogens (tertiary/aromatic N) is 1. The summed E-state index contributed by atoms with van der Waals surface area (Å²) >= 11 is 3.43. The first-order chi connectivity index (χ1) is 18.5. The van der Waals surface area contributed by atoms with Crippen LogP contribution in [0.1, 0.15) is 77.0 Å². The highest BCUT2D eigenvalue weighted by Gasteiger charge is 2.73. The Hall–Kier alpha value is -2.19. The van der Waals surface area contributed by atoms with E-state index in [2.05, 4.69) is 26.6 Å². The number of halogens is 1. The Labute approximate surface area is 233 Å². The molecular weight excluding hydrogens is 546 g/mol. The Bertz CT molecular complexity index is 1090. The molecule has 3 amide bonds. The molecule has 3 aliphatic heterocycles. The summed E-state index contributed by atoms with van der Waals surface area (Å²) in [7, 11) is 0. The molecule has 1 spiro atoms. The van der Waals surface area contributed by atoms with E-state index in [0.29, 0.717) is 5.69 Å². The average Bonchev–Trinajstić information content (AvgIpc) is 3.53. The first-order valence-corrected chi connectivity index (χ1v) is 15.3. The van der Waals surface area contributed by atoms with Crippen molar-refractivity contribution in [2.75, 3.05) is 5.32 Å². The van der Waals surface area contributed by atoms with Gasteiger partial charge in [-0.15, -0.1) is 0 Å². The number of carbonyl (C=O) groups is 3. The fourth-order valence-electron chi connectivity index (χ4n) is 7.60. The highest BCUT2D eigenvalue weighted by molar-refractivity contribution is 9.10. The number of ether oxygens (including phenoxy) is 1. The molecule has 38 heavy (non-hydrogen) atoms. The van der Waals surface area contributed by atoms with E-state index in [1.807, 2.05) is 41.3 Å². The van der Waals surface area contributed by atoms with Gasteiger partial charge in [0.25, 0.3) is 0 Å². The van der Waals surface area contributed by atoms with Gasteiger partial charge in [0.15, 0.2) is 0 Å². The van der Waals surface area contributed by atoms with Crippen LogP contribution < -0.4 is 10.6 Å². The smallest absolute Gasteiger partial charge is 0.246 e. The topological polar surface area (TPSA) is 87.7 Å². The predicted octanol–water partition coefficient (Wildman–Crippen LogP) is 5.10. The minimum absolute atomic E-state index is 0.00360. The lowest BCUT2D eigenvalue weighted by Crippen LogP contribution is -2.58. The quantitative estimate of drug-likeness (QED) is 0.472. The fourth-order valence-corrected chi connectivity index (χ4v) is 7.86. The van der Waals surface area contributed by atoms with Crippen molar-refractivity contribution in [3.8, 4) is 0 Å². The van der Waals surface area contributed by atoms with Crippen molar-refractivity contribution in [3.05, 3.63) is 40.9 Å². The Balaban J connectivity index is 1.31. The number of rotatable bonds is 5. The molecule has 7 nitrogen and oxygen atoms in total. The van der Waals surface area contributed by atoms with E-state index in [9.17, 15) is 14.4 Å². The van der Waals surface area contributed by atoms with Crippen LogP contribution in [-0.4, -0.2) is 52.5 Å². The Kier molecular flexibility index (Phi) is 7.38. The van der Waals surface area contributed by atoms with E-state index in [4.69, 9.17) is 4.74 Å². The van der Waals surface area contributed by atoms with Crippen molar-refractivity contribution in [1.29, 1.82) is 0 Å². The van der Waals surface area contributed by atoms with Gasteiger partial charge in [0, 0.05) is 22.2 Å². The molecule has 1 aromatic rings. The molecule has 2 saturated carbocycles. The summed E-state index contributed by atoms with van der Waals surface area (Å²) in [6.07, 6.45) is 16.1. The third-order valence-electron chi connectivity index (χ3n) is 9.39. The molecule has 5 atom stereocenters. The molecule has 1 aromatic carbocycles. The van der Waals surface area contributed by atoms with E-state index in [0.717, 1.165) is 68.7 Å². The van der Waals surface area contributed by atoms with Crippen LogP contribution in [0, 0.1) is 11.8 Å². The van der Waals surface area contributed by atoms with Gasteiger partial charge in [-0.25, -0.2) is 0 Å². The summed E-state index contributed by atoms with van der Waals surface area (Å²) in [6.45, 7) is 0. The van der Waals surface area contributed by atoms with Crippen molar-refractivity contribution in [1.82, 2.24) is 10.2 Å². The summed E-state index contributed by atoms with van der Waals surface area (Å²) in [5, 5.41) is 6.31. The van der Waals surface area contributed by atoms with Crippen LogP contribution in [-0.2, 0) is 19.1 Å². The number of hydrogen-bond acceptors (Lipinski definition) is 4. The molecule has 204 valence electrons. The lowest BCUT2D eigenvalue weighted by atomic mass is 9.74. The molecule has 2 bridgehead atoms. The Morgan fingerprint density at radius 2 is 1.53 bits per heavy atom. The highest BCUT2D eigenvalue weighted by atomic mass is 79.9. The second-order valence-electron chi connectivity index (χ2n) is 11.8. The normalized spacial score (nSPS) is 33.6. The lowest BCUT2D eigenvalue weighted by Gasteiger charge is -2.38. The van der Waals surface area contributed by atoms with Gasteiger partial charge >= 0.3 is 0 Å². The zero-order valence-corrected chi connectivity index (χ0v) is 23.5. The number of likely N-dealkylation sites (tertiary alicyclic amines) is 1. The molecule has 4 fully saturated rings. The minimum atomic E-state index is -1.09. The maximum Gasteiger partial charge on any atom is 0.246 e. The van der Waals surface area contributed by atoms with Crippen LogP contribution in [0.3, 0.4) is 0 Å². The average molecular weight is 585 g/mol. The summed E-state index contributed by atoms with van der Waals surface area (Å²) < 4.78 is 7.47. The second-order valence-corrected chi connectivity index (χ2v) is 12.7. The van der Waals surface area contributed by atoms with Crippen molar-refractivity contribution in [2.24, 2.45) is 11.8 Å². The van der Waals surface area contributed by atoms with Crippen molar-refractivity contribution in [2.45, 2.75) is 107 Å². The molecule has 2 N–H and O–H groups in total. The molecule has 3 heterocycles. The first-order valence-electron chi connectivity index (χ1n) is 14.5. The fraction of sp³-hybridized carbons (Fsp3) is 0.633. The predicted molar refractivity (Wildman–Crippen MR) is 148 cm³/mol. The monoisotopic (exact) mass is 583 g/mol. The van der Waals surface area contributed by atoms with E-state index in [-0.39, 0.29) is 29.8 Å². The van der Waals surface area contributed by atoms with Gasteiger partial charge < -0.3 is 20.3 Å². The van der Waals surface area contributed by atoms with Gasteiger partial charge in [-0.3, -0.25) is 14.4 Å². The third-order valence-corrected chi connectivity index (χ3v) is 9.92. The second kappa shape index (κ2) is 10.8. The van der Waals surface area contributed by atoms with Gasteiger partial charge in [0.2, 0.25) is 17.7 Å². The zero-order chi connectivity index (χ0) is 26.3. The van der Waals surface area contributed by atoms with Gasteiger partial charge in [-0.05, 0) is 49.9 Å². The number of amides is 3. The van der Waals surface area contributed by atoms with Crippen LogP contribution in [0.25, 0.3) is 0 Å². The molecule has 0 radical (unpaired) electrons. The molecule has 8 heteroatoms. The van der Waals surface area contributed by atoms with Gasteiger partial charge in [0.1, 0.15) is 11.6 Å². The molecule has 6 rings (SSSR count). The minimum Gasteiger partial charge on any atom is -0.359 e. The maximum absolute atomic E-state index is 14.3. The molecule has 2 saturated heterocycles. The summed E-state index contributed by atoms with van der Waals surface area (Å²) in [5.74, 6) is -1.80. The SMILES string of the molecule is O=C(Nc1ccc(Br)cc1)C1C2C=CC3(O2)C1C(=O)N(C1CCCCCCC1)C3C(=O)NC1CCCCC1. The zero-order valence-electron chi connectivity index (χ0n) is 21.9. The van der Waals surface area contributed by atoms with E-state index >= 15 is 0 Å². The molecule has 5 aliphatic rings. The van der Waals surface area contributed by atoms with Crippen LogP contribution in [0.15, 0.2) is 40.9 Å². The van der Waals surface area contributed by atoms with Crippen LogP contribution in [0.4, 0.5) is 5.69 Å². The molecular formula is C30H38BrN3O4. The Morgan fingerprint density at radius 1 is 0.895 bits per heavy atom. The number of nitrogens with one attached hydrogen (secondary N) is 2. The van der Waals surface area contributed by atoms with Crippen molar-refractivity contribution >= 4 is 39.3 Å². The largest absolute Gasteiger partial charge is 0.359 e. The van der Waals surface area contributed by atoms with E-state index in [1.165, 1.54) is 12.8 Å². The number of carbonyl (C=O) groups excluding carboxylic acids is 3. The maximum atomic E-state index is 14.3. The number of anilines is 1. The summed E-state index contributed by atoms with van der Waals surface area (Å²) in [6, 6.07) is 6.81. The standard InChI is InChI=1S/C30H38BrN3O4/c31-19-13-15-21(16-14-19)32-27(35)24-23-17-18-30(38-23)25(24)29(37)34(22-11-7-2-1-3-8-12-22)26(30)28(36)33-20-9-5-4-6-10-20/h13-18,20,22-26H,1-12H2,(H,32,35)(H,33,36). The number of fused-ring (bicyclic) bond motifs is 1. The van der Waals surface area contributed by atoms with Gasteiger partial charge in [-0.1, -0.05) is 79.4 Å². The Morgan fingerprint density at radius 3 is 2.24 bits per heavy atom. The molecule has 2 aliphatic carbocycles. The molecule has 5 unspecified atom stereocenters. The van der Waals surface area contributed by atoms with Crippen molar-refractivity contribution < 1.29 is 19.1 Å². The van der Waals surface area contributed by atoms with Gasteiger partial charge in [0.05, 0.1) is 17.9 Å². The van der Waals surface area contributed by atoms with Crippen LogP contribution >= 0.6 is 15.9 Å².